The average molecular weight is 216 g/mol. The molecule has 0 aliphatic rings. The van der Waals surface area contributed by atoms with Crippen molar-refractivity contribution in [2.45, 2.75) is 13.1 Å². The Balaban J connectivity index is 4.27. The summed E-state index contributed by atoms with van der Waals surface area (Å²) in [7, 11) is 0. The Labute approximate surface area is 64.6 Å². The smallest absolute Gasteiger partial charge is 0.296 e. The summed E-state index contributed by atoms with van der Waals surface area (Å²) in [5.41, 5.74) is -1.35. The van der Waals surface area contributed by atoms with Gasteiger partial charge in [0.05, 0.1) is 0 Å². The molecule has 1 N–H and O–H groups in total. The molecule has 0 radical (unpaired) electrons. The van der Waals surface area contributed by atoms with E-state index in [2.05, 4.69) is 15.9 Å². The summed E-state index contributed by atoms with van der Waals surface area (Å²) in [6, 6.07) is 0. The predicted molar refractivity (Wildman–Crippen MR) is 36.5 cm³/mol. The van der Waals surface area contributed by atoms with Crippen LogP contribution in [-0.4, -0.2) is 11.9 Å². The van der Waals surface area contributed by atoms with Gasteiger partial charge in [0.25, 0.3) is 0 Å². The van der Waals surface area contributed by atoms with Crippen molar-refractivity contribution in [2.75, 3.05) is 0 Å². The number of allylic oxidation sites excluding steroid dienone is 2. The Bertz CT molecular complexity index is 166. The minimum Gasteiger partial charge on any atom is -0.296 e. The van der Waals surface area contributed by atoms with E-state index in [-0.39, 0.29) is 4.48 Å². The van der Waals surface area contributed by atoms with E-state index in [1.807, 2.05) is 0 Å². The molecule has 0 fully saturated rings. The normalized spacial score (nSPS) is 13.5. The molecule has 0 aromatic rings. The molecular weight excluding hydrogens is 211 g/mol. The average Bonchev–Trinajstić information content (AvgIpc) is 1.60. The van der Waals surface area contributed by atoms with Crippen LogP contribution in [0.25, 0.3) is 0 Å². The van der Waals surface area contributed by atoms with Crippen LogP contribution in [0.1, 0.15) is 6.92 Å². The zero-order chi connectivity index (χ0) is 8.36. The lowest BCUT2D eigenvalue weighted by Gasteiger charge is -2.02. The maximum atomic E-state index is 11.5. The van der Waals surface area contributed by atoms with Crippen molar-refractivity contribution in [1.82, 2.24) is 0 Å². The Morgan fingerprint density at radius 1 is 1.50 bits per heavy atom. The number of hydrogen-bond donors (Lipinski definition) is 1. The van der Waals surface area contributed by atoms with Crippen molar-refractivity contribution in [3.8, 4) is 0 Å². The van der Waals surface area contributed by atoms with Gasteiger partial charge in [-0.15, -0.1) is 0 Å². The second kappa shape index (κ2) is 3.18. The molecule has 0 unspecified atom stereocenters. The first-order chi connectivity index (χ1) is 4.34. The van der Waals surface area contributed by atoms with E-state index in [1.54, 1.807) is 0 Å². The predicted octanol–water partition coefficient (Wildman–Crippen LogP) is 2.87. The summed E-state index contributed by atoms with van der Waals surface area (Å²) in [6.07, 6.45) is -3.82. The van der Waals surface area contributed by atoms with E-state index in [1.165, 1.54) is 6.92 Å². The van der Waals surface area contributed by atoms with Crippen LogP contribution in [0.4, 0.5) is 13.2 Å². The summed E-state index contributed by atoms with van der Waals surface area (Å²) in [4.78, 5) is 0. The van der Waals surface area contributed by atoms with Crippen LogP contribution in [0.15, 0.2) is 10.6 Å². The highest BCUT2D eigenvalue weighted by atomic mass is 79.9. The highest BCUT2D eigenvalue weighted by molar-refractivity contribution is 9.11. The monoisotopic (exact) mass is 215 g/mol. The summed E-state index contributed by atoms with van der Waals surface area (Å²) in [6.45, 7) is 1.43. The largest absolute Gasteiger partial charge is 0.432 e. The standard InChI is InChI=1S/C5H5BrF3N/c1-3(6)2-4(10)5(7,8)9/h2,10H,1H3. The van der Waals surface area contributed by atoms with E-state index >= 15 is 0 Å². The number of nitrogens with one attached hydrogen (secondary N) is 1. The molecule has 1 nitrogen and oxygen atoms in total. The van der Waals surface area contributed by atoms with E-state index in [0.29, 0.717) is 6.08 Å². The van der Waals surface area contributed by atoms with Gasteiger partial charge in [-0.3, -0.25) is 5.41 Å². The first-order valence-corrected chi connectivity index (χ1v) is 3.13. The van der Waals surface area contributed by atoms with Gasteiger partial charge in [-0.05, 0) is 17.5 Å². The molecule has 0 aromatic carbocycles. The third-order valence-corrected chi connectivity index (χ3v) is 0.878. The number of hydrogen-bond acceptors (Lipinski definition) is 1. The van der Waals surface area contributed by atoms with Crippen LogP contribution in [0.5, 0.6) is 0 Å². The fourth-order valence-electron chi connectivity index (χ4n) is 0.281. The topological polar surface area (TPSA) is 23.9 Å². The molecular formula is C5H5BrF3N. The van der Waals surface area contributed by atoms with Crippen molar-refractivity contribution in [3.05, 3.63) is 10.6 Å². The van der Waals surface area contributed by atoms with E-state index in [0.717, 1.165) is 0 Å². The number of alkyl halides is 3. The summed E-state index contributed by atoms with van der Waals surface area (Å²) in [5.74, 6) is 0. The van der Waals surface area contributed by atoms with Crippen LogP contribution in [0, 0.1) is 5.41 Å². The van der Waals surface area contributed by atoms with Gasteiger partial charge in [0, 0.05) is 0 Å². The van der Waals surface area contributed by atoms with Crippen molar-refractivity contribution in [2.24, 2.45) is 0 Å². The van der Waals surface area contributed by atoms with Crippen LogP contribution in [0.2, 0.25) is 0 Å². The Hall–Kier alpha value is -0.320. The highest BCUT2D eigenvalue weighted by Crippen LogP contribution is 2.18. The minimum atomic E-state index is -4.53. The molecule has 0 atom stereocenters. The third-order valence-electron chi connectivity index (χ3n) is 0.649. The van der Waals surface area contributed by atoms with Crippen molar-refractivity contribution < 1.29 is 13.2 Å². The van der Waals surface area contributed by atoms with Gasteiger partial charge in [0.15, 0.2) is 0 Å². The first kappa shape index (κ1) is 9.68. The third kappa shape index (κ3) is 3.66. The molecule has 0 spiro atoms. The zero-order valence-electron chi connectivity index (χ0n) is 5.09. The molecule has 0 heterocycles. The lowest BCUT2D eigenvalue weighted by atomic mass is 10.3. The number of halogens is 4. The zero-order valence-corrected chi connectivity index (χ0v) is 6.68. The second-order valence-electron chi connectivity index (χ2n) is 1.64. The molecule has 0 aromatic heterocycles. The molecule has 0 aliphatic heterocycles. The Morgan fingerprint density at radius 2 is 1.90 bits per heavy atom. The lowest BCUT2D eigenvalue weighted by molar-refractivity contribution is -0.0584. The molecule has 0 aliphatic carbocycles. The number of rotatable bonds is 1. The van der Waals surface area contributed by atoms with Gasteiger partial charge >= 0.3 is 6.18 Å². The van der Waals surface area contributed by atoms with Crippen molar-refractivity contribution >= 4 is 21.6 Å². The second-order valence-corrected chi connectivity index (χ2v) is 2.89. The molecule has 0 amide bonds. The van der Waals surface area contributed by atoms with Gasteiger partial charge in [0.1, 0.15) is 5.71 Å². The van der Waals surface area contributed by atoms with Gasteiger partial charge in [-0.25, -0.2) is 0 Å². The van der Waals surface area contributed by atoms with Crippen LogP contribution in [0.3, 0.4) is 0 Å². The summed E-state index contributed by atoms with van der Waals surface area (Å²) >= 11 is 2.79. The molecule has 5 heteroatoms. The van der Waals surface area contributed by atoms with Crippen LogP contribution in [-0.2, 0) is 0 Å². The van der Waals surface area contributed by atoms with Crippen LogP contribution >= 0.6 is 15.9 Å². The molecule has 0 saturated heterocycles. The van der Waals surface area contributed by atoms with Gasteiger partial charge in [-0.2, -0.15) is 13.2 Å². The van der Waals surface area contributed by atoms with Gasteiger partial charge < -0.3 is 0 Å². The molecule has 0 rings (SSSR count). The SMILES string of the molecule is CC(Br)=CC(=N)C(F)(F)F. The maximum absolute atomic E-state index is 11.5. The van der Waals surface area contributed by atoms with Crippen molar-refractivity contribution in [1.29, 1.82) is 5.41 Å². The van der Waals surface area contributed by atoms with Crippen LogP contribution < -0.4 is 0 Å². The molecule has 58 valence electrons. The molecule has 10 heavy (non-hydrogen) atoms. The Morgan fingerprint density at radius 3 is 2.00 bits per heavy atom. The van der Waals surface area contributed by atoms with E-state index < -0.39 is 11.9 Å². The first-order valence-electron chi connectivity index (χ1n) is 2.33. The minimum absolute atomic E-state index is 0.287. The molecule has 0 saturated carbocycles. The Kier molecular flexibility index (Phi) is 3.08. The lowest BCUT2D eigenvalue weighted by Crippen LogP contribution is -2.19. The highest BCUT2D eigenvalue weighted by Gasteiger charge is 2.32. The van der Waals surface area contributed by atoms with E-state index in [4.69, 9.17) is 5.41 Å². The fraction of sp³-hybridized carbons (Fsp3) is 0.400. The summed E-state index contributed by atoms with van der Waals surface area (Å²) in [5, 5.41) is 6.44. The van der Waals surface area contributed by atoms with E-state index in [9.17, 15) is 13.2 Å². The fourth-order valence-corrected chi connectivity index (χ4v) is 0.510. The van der Waals surface area contributed by atoms with Gasteiger partial charge in [0.2, 0.25) is 0 Å². The maximum Gasteiger partial charge on any atom is 0.432 e. The molecule has 0 bridgehead atoms. The quantitative estimate of drug-likeness (QED) is 0.651. The summed E-state index contributed by atoms with van der Waals surface area (Å²) < 4.78 is 34.8. The van der Waals surface area contributed by atoms with Crippen molar-refractivity contribution in [3.63, 3.8) is 0 Å². The van der Waals surface area contributed by atoms with Gasteiger partial charge in [-0.1, -0.05) is 15.9 Å².